The molecular formula is C31H31F3O5. The summed E-state index contributed by atoms with van der Waals surface area (Å²) in [4.78, 5) is 12.9. The highest BCUT2D eigenvalue weighted by molar-refractivity contribution is 5.90. The van der Waals surface area contributed by atoms with E-state index >= 15 is 0 Å². The maximum atomic E-state index is 12.9. The fraction of sp³-hybridized carbons (Fsp3) is 0.323. The number of aliphatic hydroxyl groups excluding tert-OH is 1. The number of hydrogen-bond donors (Lipinski definition) is 2. The molecular weight excluding hydrogens is 509 g/mol. The second kappa shape index (κ2) is 13.0. The Morgan fingerprint density at radius 2 is 1.67 bits per heavy atom. The summed E-state index contributed by atoms with van der Waals surface area (Å²) in [6.07, 6.45) is -0.824. The molecule has 8 heteroatoms. The summed E-state index contributed by atoms with van der Waals surface area (Å²) >= 11 is 0. The van der Waals surface area contributed by atoms with Gasteiger partial charge in [0.25, 0.3) is 0 Å². The maximum absolute atomic E-state index is 12.9. The molecule has 1 unspecified atom stereocenters. The van der Waals surface area contributed by atoms with Gasteiger partial charge in [-0.05, 0) is 66.6 Å². The van der Waals surface area contributed by atoms with Crippen LogP contribution in [0.1, 0.15) is 41.6 Å². The van der Waals surface area contributed by atoms with Crippen molar-refractivity contribution >= 4 is 5.97 Å². The van der Waals surface area contributed by atoms with Gasteiger partial charge in [0.1, 0.15) is 11.9 Å². The van der Waals surface area contributed by atoms with Gasteiger partial charge in [-0.15, -0.1) is 0 Å². The number of rotatable bonds is 10. The molecule has 0 bridgehead atoms. The van der Waals surface area contributed by atoms with Gasteiger partial charge in [0, 0.05) is 12.3 Å². The van der Waals surface area contributed by atoms with Crippen molar-refractivity contribution in [2.75, 3.05) is 6.61 Å². The minimum absolute atomic E-state index is 0.0936. The lowest BCUT2D eigenvalue weighted by atomic mass is 9.91. The van der Waals surface area contributed by atoms with Gasteiger partial charge in [-0.2, -0.15) is 13.2 Å². The Balaban J connectivity index is 1.36. The Bertz CT molecular complexity index is 1240. The Morgan fingerprint density at radius 3 is 2.36 bits per heavy atom. The molecule has 1 fully saturated rings. The van der Waals surface area contributed by atoms with Crippen molar-refractivity contribution in [2.45, 2.75) is 44.3 Å². The topological polar surface area (TPSA) is 76.0 Å². The average Bonchev–Trinajstić information content (AvgIpc) is 3.28. The van der Waals surface area contributed by atoms with Crippen LogP contribution in [0.3, 0.4) is 0 Å². The number of carbonyl (C=O) groups is 1. The molecule has 3 aromatic carbocycles. The lowest BCUT2D eigenvalue weighted by molar-refractivity contribution is -0.137. The van der Waals surface area contributed by atoms with Crippen molar-refractivity contribution in [3.05, 3.63) is 102 Å². The van der Waals surface area contributed by atoms with Crippen molar-refractivity contribution < 1.29 is 37.7 Å². The van der Waals surface area contributed by atoms with E-state index in [0.29, 0.717) is 24.8 Å². The molecule has 39 heavy (non-hydrogen) atoms. The van der Waals surface area contributed by atoms with E-state index in [1.165, 1.54) is 12.1 Å². The largest absolute Gasteiger partial charge is 0.493 e. The highest BCUT2D eigenvalue weighted by Crippen LogP contribution is 2.38. The molecule has 3 aromatic rings. The molecule has 2 N–H and O–H groups in total. The van der Waals surface area contributed by atoms with Crippen LogP contribution in [-0.4, -0.2) is 35.2 Å². The molecule has 0 saturated heterocycles. The number of hydrogen-bond acceptors (Lipinski definition) is 5. The summed E-state index contributed by atoms with van der Waals surface area (Å²) < 4.78 is 50.0. The number of halogens is 3. The summed E-state index contributed by atoms with van der Waals surface area (Å²) in [5.74, 6) is -0.640. The van der Waals surface area contributed by atoms with Gasteiger partial charge in [-0.1, -0.05) is 60.7 Å². The second-order valence-corrected chi connectivity index (χ2v) is 9.61. The molecule has 0 heterocycles. The summed E-state index contributed by atoms with van der Waals surface area (Å²) in [6, 6.07) is 21.7. The molecule has 1 saturated carbocycles. The van der Waals surface area contributed by atoms with Crippen LogP contribution in [0.15, 0.2) is 91.0 Å². The monoisotopic (exact) mass is 540 g/mol. The van der Waals surface area contributed by atoms with Crippen molar-refractivity contribution in [3.63, 3.8) is 0 Å². The average molecular weight is 541 g/mol. The standard InChI is InChI=1S/C31H31F3O5/c32-31(33,34)25-9-6-10-26(20-25)38-18-5-4-11-27-24(19-29(35)36)16-17-28(27)39-30(37)23-14-12-22(13-15-23)21-7-2-1-3-8-21/h1-4,6-15,20,24,27-29,35-36H,5,16-19H2/b11-4+/t24-,27?,28-/m1/s1. The van der Waals surface area contributed by atoms with E-state index in [2.05, 4.69) is 0 Å². The lowest BCUT2D eigenvalue weighted by Crippen LogP contribution is -2.26. The minimum atomic E-state index is -4.44. The zero-order valence-electron chi connectivity index (χ0n) is 21.3. The van der Waals surface area contributed by atoms with Gasteiger partial charge in [0.2, 0.25) is 0 Å². The van der Waals surface area contributed by atoms with E-state index in [9.17, 15) is 28.2 Å². The number of aliphatic hydroxyl groups is 2. The van der Waals surface area contributed by atoms with Crippen molar-refractivity contribution in [1.82, 2.24) is 0 Å². The molecule has 0 spiro atoms. The predicted octanol–water partition coefficient (Wildman–Crippen LogP) is 6.65. The van der Waals surface area contributed by atoms with E-state index in [4.69, 9.17) is 9.47 Å². The van der Waals surface area contributed by atoms with Gasteiger partial charge in [-0.25, -0.2) is 4.79 Å². The molecule has 5 nitrogen and oxygen atoms in total. The Labute approximate surface area is 225 Å². The Morgan fingerprint density at radius 1 is 0.949 bits per heavy atom. The number of benzene rings is 3. The molecule has 0 aliphatic heterocycles. The van der Waals surface area contributed by atoms with Gasteiger partial charge < -0.3 is 19.7 Å². The van der Waals surface area contributed by atoms with Gasteiger partial charge in [0.05, 0.1) is 17.7 Å². The third kappa shape index (κ3) is 7.94. The first-order valence-electron chi connectivity index (χ1n) is 12.9. The minimum Gasteiger partial charge on any atom is -0.493 e. The first-order valence-corrected chi connectivity index (χ1v) is 12.9. The van der Waals surface area contributed by atoms with Gasteiger partial charge in [0.15, 0.2) is 6.29 Å². The fourth-order valence-electron chi connectivity index (χ4n) is 4.93. The highest BCUT2D eigenvalue weighted by atomic mass is 19.4. The molecule has 0 radical (unpaired) electrons. The lowest BCUT2D eigenvalue weighted by Gasteiger charge is -2.23. The fourth-order valence-corrected chi connectivity index (χ4v) is 4.93. The van der Waals surface area contributed by atoms with E-state index in [1.807, 2.05) is 54.6 Å². The van der Waals surface area contributed by atoms with E-state index in [0.717, 1.165) is 23.3 Å². The van der Waals surface area contributed by atoms with Crippen LogP contribution in [0.2, 0.25) is 0 Å². The zero-order chi connectivity index (χ0) is 27.8. The molecule has 4 rings (SSSR count). The van der Waals surface area contributed by atoms with Gasteiger partial charge >= 0.3 is 12.1 Å². The molecule has 0 amide bonds. The molecule has 0 aromatic heterocycles. The molecule has 1 aliphatic rings. The van der Waals surface area contributed by atoms with E-state index in [1.54, 1.807) is 12.1 Å². The van der Waals surface area contributed by atoms with Crippen LogP contribution in [0.25, 0.3) is 11.1 Å². The van der Waals surface area contributed by atoms with Crippen molar-refractivity contribution in [2.24, 2.45) is 11.8 Å². The third-order valence-electron chi connectivity index (χ3n) is 6.87. The van der Waals surface area contributed by atoms with Crippen LogP contribution in [0.4, 0.5) is 13.2 Å². The number of esters is 1. The van der Waals surface area contributed by atoms with Crippen LogP contribution < -0.4 is 4.74 Å². The number of alkyl halides is 3. The van der Waals surface area contributed by atoms with E-state index < -0.39 is 30.1 Å². The Hall–Kier alpha value is -3.62. The SMILES string of the molecule is O=C(O[C@@H]1CC[C@H](CC(O)O)C1/C=C/CCOc1cccc(C(F)(F)F)c1)c1ccc(-c2ccccc2)cc1. The summed E-state index contributed by atoms with van der Waals surface area (Å²) in [6.45, 7) is 0.163. The normalized spacial score (nSPS) is 19.5. The molecule has 1 aliphatic carbocycles. The first kappa shape index (κ1) is 28.4. The highest BCUT2D eigenvalue weighted by Gasteiger charge is 2.37. The summed E-state index contributed by atoms with van der Waals surface area (Å²) in [5, 5.41) is 19.1. The quantitative estimate of drug-likeness (QED) is 0.130. The maximum Gasteiger partial charge on any atom is 0.416 e. The summed E-state index contributed by atoms with van der Waals surface area (Å²) in [7, 11) is 0. The van der Waals surface area contributed by atoms with Crippen LogP contribution in [-0.2, 0) is 10.9 Å². The van der Waals surface area contributed by atoms with E-state index in [-0.39, 0.29) is 30.6 Å². The smallest absolute Gasteiger partial charge is 0.416 e. The third-order valence-corrected chi connectivity index (χ3v) is 6.87. The van der Waals surface area contributed by atoms with Crippen molar-refractivity contribution in [1.29, 1.82) is 0 Å². The van der Waals surface area contributed by atoms with Crippen molar-refractivity contribution in [3.8, 4) is 16.9 Å². The predicted molar refractivity (Wildman–Crippen MR) is 141 cm³/mol. The zero-order valence-corrected chi connectivity index (χ0v) is 21.3. The van der Waals surface area contributed by atoms with Crippen LogP contribution in [0, 0.1) is 11.8 Å². The number of ether oxygens (including phenoxy) is 2. The summed E-state index contributed by atoms with van der Waals surface area (Å²) in [5.41, 5.74) is 1.68. The van der Waals surface area contributed by atoms with Crippen LogP contribution in [0.5, 0.6) is 5.75 Å². The van der Waals surface area contributed by atoms with Gasteiger partial charge in [-0.3, -0.25) is 0 Å². The van der Waals surface area contributed by atoms with Crippen LogP contribution >= 0.6 is 0 Å². The Kier molecular flexibility index (Phi) is 9.43. The molecule has 206 valence electrons. The first-order chi connectivity index (χ1) is 18.7. The number of carbonyl (C=O) groups excluding carboxylic acids is 1. The molecule has 3 atom stereocenters. The second-order valence-electron chi connectivity index (χ2n) is 9.61.